The largest absolute Gasteiger partial charge is 0.493 e. The van der Waals surface area contributed by atoms with Crippen LogP contribution in [0.3, 0.4) is 0 Å². The number of carbonyl (C=O) groups excluding carboxylic acids is 2. The van der Waals surface area contributed by atoms with Crippen LogP contribution >= 0.6 is 0 Å². The lowest BCUT2D eigenvalue weighted by atomic mass is 9.66. The minimum atomic E-state index is -1.20. The molecule has 192 valence electrons. The van der Waals surface area contributed by atoms with Crippen LogP contribution in [0.25, 0.3) is 10.9 Å². The van der Waals surface area contributed by atoms with Crippen LogP contribution in [0.5, 0.6) is 17.2 Å². The van der Waals surface area contributed by atoms with Gasteiger partial charge in [-0.25, -0.2) is 4.90 Å². The van der Waals surface area contributed by atoms with Crippen molar-refractivity contribution in [2.45, 2.75) is 37.1 Å². The Kier molecular flexibility index (Phi) is 4.77. The van der Waals surface area contributed by atoms with Gasteiger partial charge in [0.05, 0.1) is 46.9 Å². The highest BCUT2D eigenvalue weighted by Crippen LogP contribution is 2.62. The van der Waals surface area contributed by atoms with Crippen molar-refractivity contribution in [1.29, 1.82) is 5.26 Å². The molecule has 0 radical (unpaired) electrons. The van der Waals surface area contributed by atoms with Gasteiger partial charge in [0.2, 0.25) is 18.6 Å². The van der Waals surface area contributed by atoms with Gasteiger partial charge in [0.25, 0.3) is 0 Å². The number of imide groups is 1. The van der Waals surface area contributed by atoms with Gasteiger partial charge in [-0.15, -0.1) is 0 Å². The van der Waals surface area contributed by atoms with Gasteiger partial charge in [-0.1, -0.05) is 0 Å². The molecule has 2 bridgehead atoms. The van der Waals surface area contributed by atoms with Crippen molar-refractivity contribution in [3.8, 4) is 23.3 Å². The Morgan fingerprint density at radius 3 is 2.82 bits per heavy atom. The van der Waals surface area contributed by atoms with Crippen LogP contribution < -0.4 is 19.1 Å². The van der Waals surface area contributed by atoms with Crippen molar-refractivity contribution in [3.63, 3.8) is 0 Å². The lowest BCUT2D eigenvalue weighted by Crippen LogP contribution is -2.49. The summed E-state index contributed by atoms with van der Waals surface area (Å²) in [6.07, 6.45) is 1.18. The quantitative estimate of drug-likeness (QED) is 0.512. The van der Waals surface area contributed by atoms with E-state index in [2.05, 4.69) is 11.1 Å². The fraction of sp³-hybridized carbons (Fsp3) is 0.357. The van der Waals surface area contributed by atoms with E-state index in [9.17, 15) is 20.0 Å². The summed E-state index contributed by atoms with van der Waals surface area (Å²) >= 11 is 0. The van der Waals surface area contributed by atoms with Crippen LogP contribution in [0.15, 0.2) is 48.7 Å². The van der Waals surface area contributed by atoms with Gasteiger partial charge in [0.15, 0.2) is 11.5 Å². The summed E-state index contributed by atoms with van der Waals surface area (Å²) in [5.41, 5.74) is -1.11. The van der Waals surface area contributed by atoms with Crippen LogP contribution in [0.1, 0.15) is 25.3 Å². The third-order valence-corrected chi connectivity index (χ3v) is 8.36. The molecule has 4 aliphatic heterocycles. The predicted molar refractivity (Wildman–Crippen MR) is 131 cm³/mol. The average molecular weight is 514 g/mol. The lowest BCUT2D eigenvalue weighted by molar-refractivity contribution is -0.134. The molecule has 0 spiro atoms. The maximum Gasteiger partial charge on any atom is 0.240 e. The number of aliphatic hydroxyl groups is 1. The minimum Gasteiger partial charge on any atom is -0.493 e. The normalized spacial score (nSPS) is 30.7. The Hall–Kier alpha value is -4.20. The van der Waals surface area contributed by atoms with Crippen molar-refractivity contribution < 1.29 is 33.6 Å². The van der Waals surface area contributed by atoms with Crippen LogP contribution in [0, 0.1) is 23.2 Å². The molecule has 3 aromatic rings. The molecular weight excluding hydrogens is 490 g/mol. The van der Waals surface area contributed by atoms with E-state index >= 15 is 0 Å². The fourth-order valence-corrected chi connectivity index (χ4v) is 6.61. The van der Waals surface area contributed by atoms with E-state index < -0.39 is 35.0 Å². The number of pyridine rings is 1. The van der Waals surface area contributed by atoms with E-state index in [1.165, 1.54) is 4.90 Å². The molecule has 7 rings (SSSR count). The summed E-state index contributed by atoms with van der Waals surface area (Å²) in [6.45, 7) is 2.07. The van der Waals surface area contributed by atoms with Crippen molar-refractivity contribution in [1.82, 2.24) is 4.98 Å². The number of benzene rings is 2. The monoisotopic (exact) mass is 513 g/mol. The Balaban J connectivity index is 1.21. The molecular formula is C28H23N3O7. The molecule has 3 saturated heterocycles. The number of rotatable bonds is 5. The molecule has 3 fully saturated rings. The zero-order valence-corrected chi connectivity index (χ0v) is 20.4. The van der Waals surface area contributed by atoms with Crippen molar-refractivity contribution in [2.75, 3.05) is 18.3 Å². The Labute approximate surface area is 217 Å². The van der Waals surface area contributed by atoms with E-state index in [1.807, 2.05) is 0 Å². The van der Waals surface area contributed by atoms with Crippen LogP contribution in [-0.4, -0.2) is 52.6 Å². The van der Waals surface area contributed by atoms with Crippen molar-refractivity contribution >= 4 is 28.4 Å². The molecule has 2 amide bonds. The molecule has 1 aromatic heterocycles. The number of amides is 2. The highest BCUT2D eigenvalue weighted by Gasteiger charge is 2.77. The second-order valence-electron chi connectivity index (χ2n) is 10.3. The number of hydrogen-bond donors (Lipinski definition) is 1. The molecule has 1 N–H and O–H groups in total. The number of nitriles is 1. The molecule has 5 atom stereocenters. The van der Waals surface area contributed by atoms with Gasteiger partial charge in [-0.2, -0.15) is 5.26 Å². The van der Waals surface area contributed by atoms with Crippen LogP contribution in [0.4, 0.5) is 5.69 Å². The molecule has 0 aliphatic carbocycles. The molecule has 10 heteroatoms. The first kappa shape index (κ1) is 23.0. The fourth-order valence-electron chi connectivity index (χ4n) is 6.61. The number of aromatic nitrogens is 1. The predicted octanol–water partition coefficient (Wildman–Crippen LogP) is 2.70. The summed E-state index contributed by atoms with van der Waals surface area (Å²) in [5, 5.41) is 21.0. The molecule has 10 nitrogen and oxygen atoms in total. The first-order valence-corrected chi connectivity index (χ1v) is 12.4. The van der Waals surface area contributed by atoms with Crippen molar-refractivity contribution in [3.05, 3.63) is 54.2 Å². The van der Waals surface area contributed by atoms with Crippen LogP contribution in [-0.2, 0) is 14.3 Å². The number of aliphatic hydroxyl groups excluding tert-OH is 1. The van der Waals surface area contributed by atoms with Gasteiger partial charge in [0.1, 0.15) is 17.4 Å². The molecule has 0 unspecified atom stereocenters. The lowest BCUT2D eigenvalue weighted by Gasteiger charge is -2.33. The van der Waals surface area contributed by atoms with Gasteiger partial charge < -0.3 is 24.1 Å². The van der Waals surface area contributed by atoms with E-state index in [0.717, 1.165) is 0 Å². The topological polar surface area (TPSA) is 131 Å². The summed E-state index contributed by atoms with van der Waals surface area (Å²) < 4.78 is 23.1. The maximum absolute atomic E-state index is 14.0. The first-order valence-electron chi connectivity index (χ1n) is 12.4. The van der Waals surface area contributed by atoms with Gasteiger partial charge in [0, 0.05) is 30.5 Å². The Morgan fingerprint density at radius 2 is 1.97 bits per heavy atom. The zero-order valence-electron chi connectivity index (χ0n) is 20.4. The highest BCUT2D eigenvalue weighted by molar-refractivity contribution is 6.26. The third-order valence-electron chi connectivity index (χ3n) is 8.36. The van der Waals surface area contributed by atoms with E-state index in [4.69, 9.17) is 18.9 Å². The van der Waals surface area contributed by atoms with Gasteiger partial charge in [-0.05, 0) is 43.3 Å². The number of fused-ring (bicyclic) bond motifs is 7. The van der Waals surface area contributed by atoms with E-state index in [1.54, 1.807) is 55.6 Å². The number of carbonyl (C=O) groups is 2. The van der Waals surface area contributed by atoms with E-state index in [-0.39, 0.29) is 25.7 Å². The maximum atomic E-state index is 14.0. The Bertz CT molecular complexity index is 1570. The summed E-state index contributed by atoms with van der Waals surface area (Å²) in [4.78, 5) is 33.3. The molecule has 2 aromatic carbocycles. The standard InChI is InChI=1S/C28H23N3O7/c1-27-21(32)12-28(38-27,8-10-35-16-5-7-19-20(11-16)37-14-36-19)23-22(27)25(33)31(26(23)34)18-6-4-15(13-29)24-17(18)3-2-9-30-24/h2-7,9,11,21-23,32H,8,10,12,14H2,1H3/t21-,22-,23+,27-,28+/m1/s1. The summed E-state index contributed by atoms with van der Waals surface area (Å²) in [7, 11) is 0. The molecule has 0 saturated carbocycles. The second kappa shape index (κ2) is 7.90. The molecule has 38 heavy (non-hydrogen) atoms. The SMILES string of the molecule is C[C@@]12O[C@@](CCOc3ccc4c(c3)OCO4)(C[C@H]1O)[C@@H]1C(=O)N(c3ccc(C#N)c4ncccc34)C(=O)[C@@H]12. The number of ether oxygens (including phenoxy) is 4. The Morgan fingerprint density at radius 1 is 1.16 bits per heavy atom. The first-order chi connectivity index (χ1) is 18.4. The number of anilines is 1. The smallest absolute Gasteiger partial charge is 0.240 e. The van der Waals surface area contributed by atoms with Crippen LogP contribution in [0.2, 0.25) is 0 Å². The average Bonchev–Trinajstić information content (AvgIpc) is 3.62. The van der Waals surface area contributed by atoms with Crippen molar-refractivity contribution in [2.24, 2.45) is 11.8 Å². The molecule has 5 heterocycles. The second-order valence-corrected chi connectivity index (χ2v) is 10.3. The van der Waals surface area contributed by atoms with Gasteiger partial charge >= 0.3 is 0 Å². The zero-order chi connectivity index (χ0) is 26.2. The summed E-state index contributed by atoms with van der Waals surface area (Å²) in [6, 6.07) is 14.0. The number of nitrogens with zero attached hydrogens (tertiary/aromatic N) is 3. The third kappa shape index (κ3) is 2.97. The van der Waals surface area contributed by atoms with Gasteiger partial charge in [-0.3, -0.25) is 14.6 Å². The van der Waals surface area contributed by atoms with E-state index in [0.29, 0.717) is 45.8 Å². The molecule has 4 aliphatic rings. The summed E-state index contributed by atoms with van der Waals surface area (Å²) in [5.74, 6) is -0.596. The minimum absolute atomic E-state index is 0.159. The highest BCUT2D eigenvalue weighted by atomic mass is 16.7. The number of hydrogen-bond acceptors (Lipinski definition) is 9.